The van der Waals surface area contributed by atoms with E-state index < -0.39 is 0 Å². The molecule has 1 heterocycles. The maximum absolute atomic E-state index is 5.80. The third kappa shape index (κ3) is 3.87. The number of rotatable bonds is 5. The van der Waals surface area contributed by atoms with Gasteiger partial charge in [0.1, 0.15) is 17.6 Å². The van der Waals surface area contributed by atoms with Crippen LogP contribution < -0.4 is 15.0 Å². The quantitative estimate of drug-likeness (QED) is 0.840. The smallest absolute Gasteiger partial charge is 0.124 e. The van der Waals surface area contributed by atoms with Gasteiger partial charge in [0.05, 0.1) is 12.2 Å². The highest BCUT2D eigenvalue weighted by atomic mass is 16.7. The van der Waals surface area contributed by atoms with Crippen molar-refractivity contribution in [1.82, 2.24) is 5.48 Å². The standard InChI is InChI=1S/C16H25NO3/c1-6-18-14-8-12-7-11(2)19-15(12)9-13(14)10-17-20-16(3,4)5/h8-9,11,17H,6-7,10H2,1-5H3. The van der Waals surface area contributed by atoms with Gasteiger partial charge < -0.3 is 9.47 Å². The van der Waals surface area contributed by atoms with E-state index in [0.717, 1.165) is 23.5 Å². The predicted octanol–water partition coefficient (Wildman–Crippen LogP) is 3.23. The zero-order valence-corrected chi connectivity index (χ0v) is 13.1. The number of hydroxylamine groups is 1. The Morgan fingerprint density at radius 2 is 2.10 bits per heavy atom. The van der Waals surface area contributed by atoms with Crippen LogP contribution in [0.4, 0.5) is 0 Å². The SMILES string of the molecule is CCOc1cc2c(cc1CNOC(C)(C)C)OC(C)C2. The molecule has 0 amide bonds. The lowest BCUT2D eigenvalue weighted by molar-refractivity contribution is -0.0759. The molecule has 0 aromatic heterocycles. The molecule has 1 aliphatic heterocycles. The number of ether oxygens (including phenoxy) is 2. The summed E-state index contributed by atoms with van der Waals surface area (Å²) in [5.74, 6) is 1.88. The molecule has 4 nitrogen and oxygen atoms in total. The zero-order valence-electron chi connectivity index (χ0n) is 13.1. The second kappa shape index (κ2) is 6.02. The van der Waals surface area contributed by atoms with E-state index in [1.807, 2.05) is 27.7 Å². The third-order valence-electron chi connectivity index (χ3n) is 3.02. The average Bonchev–Trinajstić information content (AvgIpc) is 2.67. The first-order valence-electron chi connectivity index (χ1n) is 7.25. The zero-order chi connectivity index (χ0) is 14.8. The van der Waals surface area contributed by atoms with Gasteiger partial charge in [0.2, 0.25) is 0 Å². The normalized spacial score (nSPS) is 17.8. The van der Waals surface area contributed by atoms with Crippen LogP contribution in [0.25, 0.3) is 0 Å². The van der Waals surface area contributed by atoms with E-state index in [-0.39, 0.29) is 11.7 Å². The van der Waals surface area contributed by atoms with Crippen molar-refractivity contribution >= 4 is 0 Å². The molecule has 1 unspecified atom stereocenters. The fraction of sp³-hybridized carbons (Fsp3) is 0.625. The fourth-order valence-electron chi connectivity index (χ4n) is 2.24. The molecule has 0 bridgehead atoms. The van der Waals surface area contributed by atoms with Crippen molar-refractivity contribution < 1.29 is 14.3 Å². The highest BCUT2D eigenvalue weighted by Gasteiger charge is 2.22. The van der Waals surface area contributed by atoms with Crippen molar-refractivity contribution in [2.24, 2.45) is 0 Å². The number of nitrogens with one attached hydrogen (secondary N) is 1. The molecule has 0 aliphatic carbocycles. The van der Waals surface area contributed by atoms with Gasteiger partial charge in [0, 0.05) is 24.1 Å². The van der Waals surface area contributed by atoms with Gasteiger partial charge in [-0.3, -0.25) is 4.84 Å². The lowest BCUT2D eigenvalue weighted by Gasteiger charge is -2.20. The summed E-state index contributed by atoms with van der Waals surface area (Å²) in [5.41, 5.74) is 5.08. The Labute approximate surface area is 121 Å². The van der Waals surface area contributed by atoms with Gasteiger partial charge in [-0.1, -0.05) is 0 Å². The number of hydrogen-bond donors (Lipinski definition) is 1. The molecule has 2 rings (SSSR count). The Kier molecular flexibility index (Phi) is 4.55. The molecule has 0 fully saturated rings. The summed E-state index contributed by atoms with van der Waals surface area (Å²) in [5, 5.41) is 0. The van der Waals surface area contributed by atoms with Crippen LogP contribution >= 0.6 is 0 Å². The van der Waals surface area contributed by atoms with Crippen LogP contribution in [0.15, 0.2) is 12.1 Å². The molecule has 112 valence electrons. The van der Waals surface area contributed by atoms with Crippen molar-refractivity contribution in [2.75, 3.05) is 6.61 Å². The molecule has 0 saturated heterocycles. The number of hydrogen-bond acceptors (Lipinski definition) is 4. The molecule has 1 atom stereocenters. The highest BCUT2D eigenvalue weighted by Crippen LogP contribution is 2.35. The lowest BCUT2D eigenvalue weighted by Crippen LogP contribution is -2.28. The topological polar surface area (TPSA) is 39.7 Å². The van der Waals surface area contributed by atoms with Gasteiger partial charge in [-0.05, 0) is 46.8 Å². The maximum Gasteiger partial charge on any atom is 0.124 e. The monoisotopic (exact) mass is 279 g/mol. The van der Waals surface area contributed by atoms with Crippen LogP contribution in [-0.2, 0) is 17.8 Å². The molecular formula is C16H25NO3. The van der Waals surface area contributed by atoms with Crippen molar-refractivity contribution in [3.63, 3.8) is 0 Å². The van der Waals surface area contributed by atoms with Gasteiger partial charge in [0.15, 0.2) is 0 Å². The molecule has 0 spiro atoms. The first-order valence-corrected chi connectivity index (χ1v) is 7.25. The minimum Gasteiger partial charge on any atom is -0.494 e. The summed E-state index contributed by atoms with van der Waals surface area (Å²) in [6.07, 6.45) is 1.19. The maximum atomic E-state index is 5.80. The van der Waals surface area contributed by atoms with Crippen LogP contribution in [-0.4, -0.2) is 18.3 Å². The van der Waals surface area contributed by atoms with Crippen LogP contribution in [0.5, 0.6) is 11.5 Å². The third-order valence-corrected chi connectivity index (χ3v) is 3.02. The van der Waals surface area contributed by atoms with Crippen molar-refractivity contribution in [1.29, 1.82) is 0 Å². The first-order chi connectivity index (χ1) is 9.39. The van der Waals surface area contributed by atoms with Crippen LogP contribution in [0.2, 0.25) is 0 Å². The van der Waals surface area contributed by atoms with Gasteiger partial charge >= 0.3 is 0 Å². The molecule has 4 heteroatoms. The molecule has 0 radical (unpaired) electrons. The van der Waals surface area contributed by atoms with E-state index in [2.05, 4.69) is 24.5 Å². The van der Waals surface area contributed by atoms with Gasteiger partial charge in [-0.25, -0.2) is 0 Å². The van der Waals surface area contributed by atoms with E-state index in [9.17, 15) is 0 Å². The Morgan fingerprint density at radius 3 is 2.75 bits per heavy atom. The molecule has 20 heavy (non-hydrogen) atoms. The van der Waals surface area contributed by atoms with Crippen LogP contribution in [0.1, 0.15) is 45.7 Å². The fourth-order valence-corrected chi connectivity index (χ4v) is 2.24. The number of fused-ring (bicyclic) bond motifs is 1. The summed E-state index contributed by atoms with van der Waals surface area (Å²) >= 11 is 0. The molecule has 1 N–H and O–H groups in total. The number of benzene rings is 1. The Bertz CT molecular complexity index is 466. The first kappa shape index (κ1) is 15.1. The van der Waals surface area contributed by atoms with E-state index in [1.54, 1.807) is 0 Å². The predicted molar refractivity (Wildman–Crippen MR) is 79.1 cm³/mol. The largest absolute Gasteiger partial charge is 0.494 e. The van der Waals surface area contributed by atoms with Gasteiger partial charge in [0.25, 0.3) is 0 Å². The minimum absolute atomic E-state index is 0.215. The van der Waals surface area contributed by atoms with Crippen molar-refractivity contribution in [3.05, 3.63) is 23.3 Å². The Hall–Kier alpha value is -1.26. The Balaban J connectivity index is 2.12. The molecule has 1 aromatic rings. The highest BCUT2D eigenvalue weighted by molar-refractivity contribution is 5.48. The van der Waals surface area contributed by atoms with Crippen LogP contribution in [0, 0.1) is 0 Å². The summed E-state index contributed by atoms with van der Waals surface area (Å²) in [7, 11) is 0. The molecular weight excluding hydrogens is 254 g/mol. The molecule has 0 saturated carbocycles. The average molecular weight is 279 g/mol. The minimum atomic E-state index is -0.215. The van der Waals surface area contributed by atoms with E-state index in [0.29, 0.717) is 13.2 Å². The summed E-state index contributed by atoms with van der Waals surface area (Å²) in [6.45, 7) is 11.4. The van der Waals surface area contributed by atoms with E-state index in [4.69, 9.17) is 14.3 Å². The molecule has 1 aliphatic rings. The summed E-state index contributed by atoms with van der Waals surface area (Å²) in [4.78, 5) is 5.56. The van der Waals surface area contributed by atoms with Crippen LogP contribution in [0.3, 0.4) is 0 Å². The summed E-state index contributed by atoms with van der Waals surface area (Å²) in [6, 6.07) is 4.15. The second-order valence-electron chi connectivity index (χ2n) is 6.17. The second-order valence-corrected chi connectivity index (χ2v) is 6.17. The van der Waals surface area contributed by atoms with E-state index in [1.165, 1.54) is 5.56 Å². The van der Waals surface area contributed by atoms with Crippen molar-refractivity contribution in [2.45, 2.75) is 59.3 Å². The van der Waals surface area contributed by atoms with Crippen molar-refractivity contribution in [3.8, 4) is 11.5 Å². The summed E-state index contributed by atoms with van der Waals surface area (Å²) < 4.78 is 11.5. The lowest BCUT2D eigenvalue weighted by atomic mass is 10.1. The van der Waals surface area contributed by atoms with Gasteiger partial charge in [-0.15, -0.1) is 0 Å². The van der Waals surface area contributed by atoms with Gasteiger partial charge in [-0.2, -0.15) is 5.48 Å². The molecule has 1 aromatic carbocycles. The van der Waals surface area contributed by atoms with E-state index >= 15 is 0 Å². The Morgan fingerprint density at radius 1 is 1.35 bits per heavy atom.